The van der Waals surface area contributed by atoms with Gasteiger partial charge in [-0.15, -0.1) is 0 Å². The number of aldehydes is 1. The molecule has 0 radical (unpaired) electrons. The van der Waals surface area contributed by atoms with Gasteiger partial charge in [-0.2, -0.15) is 0 Å². The number of hydrogen-bond donors (Lipinski definition) is 1. The monoisotopic (exact) mass is 210 g/mol. The SMILES string of the molecule is CCCOc1cc(O)c(C=O)c(OC)c1. The van der Waals surface area contributed by atoms with Crippen LogP contribution in [-0.2, 0) is 0 Å². The Morgan fingerprint density at radius 3 is 2.73 bits per heavy atom. The van der Waals surface area contributed by atoms with Crippen LogP contribution in [0.2, 0.25) is 0 Å². The number of carbonyl (C=O) groups excluding carboxylic acids is 1. The zero-order valence-electron chi connectivity index (χ0n) is 8.82. The number of phenols is 1. The van der Waals surface area contributed by atoms with E-state index < -0.39 is 0 Å². The van der Waals surface area contributed by atoms with Gasteiger partial charge >= 0.3 is 0 Å². The Morgan fingerprint density at radius 2 is 2.20 bits per heavy atom. The number of rotatable bonds is 5. The first-order valence-electron chi connectivity index (χ1n) is 4.71. The summed E-state index contributed by atoms with van der Waals surface area (Å²) in [5.41, 5.74) is 0.140. The molecule has 0 unspecified atom stereocenters. The predicted molar refractivity (Wildman–Crippen MR) is 55.8 cm³/mol. The van der Waals surface area contributed by atoms with Crippen LogP contribution in [0, 0.1) is 0 Å². The summed E-state index contributed by atoms with van der Waals surface area (Å²) < 4.78 is 10.3. The van der Waals surface area contributed by atoms with Crippen LogP contribution in [0.25, 0.3) is 0 Å². The van der Waals surface area contributed by atoms with Gasteiger partial charge in [0.1, 0.15) is 17.2 Å². The molecule has 0 atom stereocenters. The van der Waals surface area contributed by atoms with Gasteiger partial charge < -0.3 is 14.6 Å². The lowest BCUT2D eigenvalue weighted by atomic mass is 10.2. The molecule has 1 aromatic rings. The Labute approximate surface area is 88.4 Å². The fraction of sp³-hybridized carbons (Fsp3) is 0.364. The summed E-state index contributed by atoms with van der Waals surface area (Å²) in [7, 11) is 1.44. The molecule has 0 saturated carbocycles. The first-order chi connectivity index (χ1) is 7.22. The minimum atomic E-state index is -0.129. The highest BCUT2D eigenvalue weighted by Crippen LogP contribution is 2.31. The molecule has 0 aliphatic heterocycles. The van der Waals surface area contributed by atoms with E-state index in [1.807, 2.05) is 6.92 Å². The highest BCUT2D eigenvalue weighted by molar-refractivity contribution is 5.84. The molecular weight excluding hydrogens is 196 g/mol. The summed E-state index contributed by atoms with van der Waals surface area (Å²) in [6.45, 7) is 2.54. The molecule has 0 aliphatic carbocycles. The average molecular weight is 210 g/mol. The van der Waals surface area contributed by atoms with Crippen molar-refractivity contribution in [1.29, 1.82) is 0 Å². The quantitative estimate of drug-likeness (QED) is 0.755. The molecule has 4 nitrogen and oxygen atoms in total. The summed E-state index contributed by atoms with van der Waals surface area (Å²) >= 11 is 0. The standard InChI is InChI=1S/C11H14O4/c1-3-4-15-8-5-10(13)9(7-12)11(6-8)14-2/h5-7,13H,3-4H2,1-2H3. The summed E-state index contributed by atoms with van der Waals surface area (Å²) in [6.07, 6.45) is 1.43. The Kier molecular flexibility index (Phi) is 3.97. The van der Waals surface area contributed by atoms with Crippen LogP contribution in [0.15, 0.2) is 12.1 Å². The highest BCUT2D eigenvalue weighted by Gasteiger charge is 2.10. The van der Waals surface area contributed by atoms with Gasteiger partial charge in [-0.25, -0.2) is 0 Å². The topological polar surface area (TPSA) is 55.8 Å². The summed E-state index contributed by atoms with van der Waals surface area (Å²) in [4.78, 5) is 10.7. The Bertz CT molecular complexity index is 347. The van der Waals surface area contributed by atoms with Crippen molar-refractivity contribution in [1.82, 2.24) is 0 Å². The second-order valence-corrected chi connectivity index (χ2v) is 3.02. The van der Waals surface area contributed by atoms with Gasteiger partial charge in [0.2, 0.25) is 0 Å². The van der Waals surface area contributed by atoms with Crippen LogP contribution in [0.1, 0.15) is 23.7 Å². The van der Waals surface area contributed by atoms with Crippen molar-refractivity contribution < 1.29 is 19.4 Å². The first-order valence-corrected chi connectivity index (χ1v) is 4.71. The second kappa shape index (κ2) is 5.24. The third kappa shape index (κ3) is 2.62. The smallest absolute Gasteiger partial charge is 0.157 e. The van der Waals surface area contributed by atoms with Crippen LogP contribution in [0.4, 0.5) is 0 Å². The van der Waals surface area contributed by atoms with Crippen molar-refractivity contribution >= 4 is 6.29 Å². The van der Waals surface area contributed by atoms with E-state index in [-0.39, 0.29) is 11.3 Å². The molecule has 0 bridgehead atoms. The number of ether oxygens (including phenoxy) is 2. The molecular formula is C11H14O4. The molecule has 4 heteroatoms. The van der Waals surface area contributed by atoms with E-state index in [0.29, 0.717) is 24.4 Å². The lowest BCUT2D eigenvalue weighted by Gasteiger charge is -2.09. The van der Waals surface area contributed by atoms with Crippen molar-refractivity contribution in [2.24, 2.45) is 0 Å². The molecule has 0 saturated heterocycles. The second-order valence-electron chi connectivity index (χ2n) is 3.02. The number of aromatic hydroxyl groups is 1. The minimum absolute atomic E-state index is 0.129. The summed E-state index contributed by atoms with van der Waals surface area (Å²) in [5, 5.41) is 9.51. The Balaban J connectivity index is 3.02. The van der Waals surface area contributed by atoms with Crippen molar-refractivity contribution in [3.8, 4) is 17.2 Å². The van der Waals surface area contributed by atoms with E-state index in [1.54, 1.807) is 6.07 Å². The van der Waals surface area contributed by atoms with Gasteiger partial charge in [-0.05, 0) is 6.42 Å². The van der Waals surface area contributed by atoms with Crippen LogP contribution in [-0.4, -0.2) is 25.1 Å². The highest BCUT2D eigenvalue weighted by atomic mass is 16.5. The van der Waals surface area contributed by atoms with Gasteiger partial charge in [0, 0.05) is 12.1 Å². The summed E-state index contributed by atoms with van der Waals surface area (Å²) in [6, 6.07) is 2.99. The van der Waals surface area contributed by atoms with Crippen molar-refractivity contribution in [3.63, 3.8) is 0 Å². The van der Waals surface area contributed by atoms with E-state index in [2.05, 4.69) is 0 Å². The average Bonchev–Trinajstić information content (AvgIpc) is 2.25. The van der Waals surface area contributed by atoms with E-state index in [1.165, 1.54) is 13.2 Å². The third-order valence-electron chi connectivity index (χ3n) is 1.90. The fourth-order valence-corrected chi connectivity index (χ4v) is 1.18. The molecule has 0 spiro atoms. The molecule has 0 fully saturated rings. The van der Waals surface area contributed by atoms with Crippen molar-refractivity contribution in [2.45, 2.75) is 13.3 Å². The van der Waals surface area contributed by atoms with E-state index in [0.717, 1.165) is 6.42 Å². The molecule has 0 aliphatic rings. The fourth-order valence-electron chi connectivity index (χ4n) is 1.18. The van der Waals surface area contributed by atoms with Gasteiger partial charge in [-0.3, -0.25) is 4.79 Å². The van der Waals surface area contributed by atoms with Crippen LogP contribution in [0.5, 0.6) is 17.2 Å². The maximum absolute atomic E-state index is 10.7. The number of carbonyl (C=O) groups is 1. The maximum Gasteiger partial charge on any atom is 0.157 e. The van der Waals surface area contributed by atoms with E-state index in [4.69, 9.17) is 9.47 Å². The molecule has 1 N–H and O–H groups in total. The summed E-state index contributed by atoms with van der Waals surface area (Å²) in [5.74, 6) is 0.684. The normalized spacial score (nSPS) is 9.73. The lowest BCUT2D eigenvalue weighted by Crippen LogP contribution is -1.97. The molecule has 0 heterocycles. The minimum Gasteiger partial charge on any atom is -0.507 e. The van der Waals surface area contributed by atoms with E-state index >= 15 is 0 Å². The van der Waals surface area contributed by atoms with Gasteiger partial charge in [0.15, 0.2) is 6.29 Å². The lowest BCUT2D eigenvalue weighted by molar-refractivity contribution is 0.111. The van der Waals surface area contributed by atoms with E-state index in [9.17, 15) is 9.90 Å². The van der Waals surface area contributed by atoms with Crippen LogP contribution in [0.3, 0.4) is 0 Å². The molecule has 82 valence electrons. The molecule has 1 rings (SSSR count). The first kappa shape index (κ1) is 11.4. The van der Waals surface area contributed by atoms with Crippen LogP contribution >= 0.6 is 0 Å². The predicted octanol–water partition coefficient (Wildman–Crippen LogP) is 2.00. The molecule has 1 aromatic carbocycles. The molecule has 15 heavy (non-hydrogen) atoms. The number of methoxy groups -OCH3 is 1. The van der Waals surface area contributed by atoms with Gasteiger partial charge in [-0.1, -0.05) is 6.92 Å². The zero-order chi connectivity index (χ0) is 11.3. The number of hydrogen-bond acceptors (Lipinski definition) is 4. The van der Waals surface area contributed by atoms with Gasteiger partial charge in [0.25, 0.3) is 0 Å². The van der Waals surface area contributed by atoms with Crippen LogP contribution < -0.4 is 9.47 Å². The number of benzene rings is 1. The molecule has 0 aromatic heterocycles. The Morgan fingerprint density at radius 1 is 1.47 bits per heavy atom. The maximum atomic E-state index is 10.7. The largest absolute Gasteiger partial charge is 0.507 e. The third-order valence-corrected chi connectivity index (χ3v) is 1.90. The van der Waals surface area contributed by atoms with Crippen molar-refractivity contribution in [3.05, 3.63) is 17.7 Å². The van der Waals surface area contributed by atoms with Crippen molar-refractivity contribution in [2.75, 3.05) is 13.7 Å². The Hall–Kier alpha value is -1.71. The zero-order valence-corrected chi connectivity index (χ0v) is 8.82. The van der Waals surface area contributed by atoms with Gasteiger partial charge in [0.05, 0.1) is 19.3 Å². The molecule has 0 amide bonds. The number of phenolic OH excluding ortho intramolecular Hbond substituents is 1.